The maximum Gasteiger partial charge on any atom is 0.168 e. The van der Waals surface area contributed by atoms with Gasteiger partial charge in [-0.2, -0.15) is 0 Å². The number of halogens is 2. The molecule has 5 heteroatoms. The SMILES string of the molecule is CCNc1nc(NC2CC2C)c(F)cc1F. The Morgan fingerprint density at radius 2 is 2.00 bits per heavy atom. The zero-order valence-corrected chi connectivity index (χ0v) is 9.35. The first-order chi connectivity index (χ1) is 7.61. The van der Waals surface area contributed by atoms with Crippen LogP contribution in [-0.4, -0.2) is 17.6 Å². The van der Waals surface area contributed by atoms with Gasteiger partial charge >= 0.3 is 0 Å². The van der Waals surface area contributed by atoms with Crippen molar-refractivity contribution in [3.63, 3.8) is 0 Å². The highest BCUT2D eigenvalue weighted by molar-refractivity contribution is 5.48. The largest absolute Gasteiger partial charge is 0.368 e. The Morgan fingerprint density at radius 1 is 1.38 bits per heavy atom. The van der Waals surface area contributed by atoms with Gasteiger partial charge in [0.05, 0.1) is 0 Å². The Labute approximate surface area is 93.3 Å². The average Bonchev–Trinajstić information content (AvgIpc) is 2.90. The van der Waals surface area contributed by atoms with Crippen LogP contribution in [0, 0.1) is 17.6 Å². The van der Waals surface area contributed by atoms with E-state index in [0.717, 1.165) is 12.5 Å². The zero-order valence-electron chi connectivity index (χ0n) is 9.35. The maximum absolute atomic E-state index is 13.4. The summed E-state index contributed by atoms with van der Waals surface area (Å²) in [5, 5.41) is 5.72. The first-order valence-corrected chi connectivity index (χ1v) is 5.48. The lowest BCUT2D eigenvalue weighted by atomic mass is 10.3. The molecular formula is C11H15F2N3. The van der Waals surface area contributed by atoms with Crippen LogP contribution in [0.5, 0.6) is 0 Å². The fourth-order valence-corrected chi connectivity index (χ4v) is 1.56. The van der Waals surface area contributed by atoms with Gasteiger partial charge in [0.2, 0.25) is 0 Å². The zero-order chi connectivity index (χ0) is 11.7. The minimum atomic E-state index is -0.659. The first-order valence-electron chi connectivity index (χ1n) is 5.48. The van der Waals surface area contributed by atoms with E-state index in [2.05, 4.69) is 22.5 Å². The molecule has 1 aliphatic rings. The molecule has 0 spiro atoms. The van der Waals surface area contributed by atoms with Crippen LogP contribution in [-0.2, 0) is 0 Å². The fourth-order valence-electron chi connectivity index (χ4n) is 1.56. The number of hydrogen-bond acceptors (Lipinski definition) is 3. The summed E-state index contributed by atoms with van der Waals surface area (Å²) in [5.41, 5.74) is 0. The van der Waals surface area contributed by atoms with Crippen LogP contribution >= 0.6 is 0 Å². The van der Waals surface area contributed by atoms with Crippen LogP contribution < -0.4 is 10.6 Å². The monoisotopic (exact) mass is 227 g/mol. The minimum absolute atomic E-state index is 0.0969. The van der Waals surface area contributed by atoms with Gasteiger partial charge in [0.1, 0.15) is 0 Å². The van der Waals surface area contributed by atoms with Gasteiger partial charge in [-0.1, -0.05) is 6.92 Å². The van der Waals surface area contributed by atoms with Gasteiger partial charge < -0.3 is 10.6 Å². The molecule has 1 aromatic heterocycles. The summed E-state index contributed by atoms with van der Waals surface area (Å²) in [6.07, 6.45) is 1.01. The van der Waals surface area contributed by atoms with Crippen molar-refractivity contribution in [1.29, 1.82) is 0 Å². The Morgan fingerprint density at radius 3 is 2.56 bits per heavy atom. The maximum atomic E-state index is 13.4. The lowest BCUT2D eigenvalue weighted by Crippen LogP contribution is -2.11. The highest BCUT2D eigenvalue weighted by Crippen LogP contribution is 2.33. The molecule has 2 unspecified atom stereocenters. The van der Waals surface area contributed by atoms with E-state index in [1.807, 2.05) is 6.92 Å². The third kappa shape index (κ3) is 2.23. The number of anilines is 2. The van der Waals surface area contributed by atoms with Crippen LogP contribution in [0.25, 0.3) is 0 Å². The fraction of sp³-hybridized carbons (Fsp3) is 0.545. The number of pyridine rings is 1. The van der Waals surface area contributed by atoms with Crippen molar-refractivity contribution in [3.05, 3.63) is 17.7 Å². The number of nitrogens with one attached hydrogen (secondary N) is 2. The number of nitrogens with zero attached hydrogens (tertiary/aromatic N) is 1. The van der Waals surface area contributed by atoms with Crippen LogP contribution in [0.4, 0.5) is 20.4 Å². The summed E-state index contributed by atoms with van der Waals surface area (Å²) in [6, 6.07) is 1.13. The lowest BCUT2D eigenvalue weighted by molar-refractivity contribution is 0.577. The van der Waals surface area contributed by atoms with Gasteiger partial charge in [-0.25, -0.2) is 13.8 Å². The number of hydrogen-bond donors (Lipinski definition) is 2. The molecule has 2 atom stereocenters. The summed E-state index contributed by atoms with van der Waals surface area (Å²) < 4.78 is 26.6. The molecule has 1 fully saturated rings. The molecular weight excluding hydrogens is 212 g/mol. The smallest absolute Gasteiger partial charge is 0.168 e. The molecule has 2 rings (SSSR count). The topological polar surface area (TPSA) is 37.0 Å². The lowest BCUT2D eigenvalue weighted by Gasteiger charge is -2.09. The van der Waals surface area contributed by atoms with Crippen molar-refractivity contribution in [2.24, 2.45) is 5.92 Å². The quantitative estimate of drug-likeness (QED) is 0.830. The predicted molar refractivity (Wildman–Crippen MR) is 59.5 cm³/mol. The molecule has 1 aromatic rings. The number of rotatable bonds is 4. The molecule has 1 aliphatic carbocycles. The molecule has 88 valence electrons. The highest BCUT2D eigenvalue weighted by Gasteiger charge is 2.33. The molecule has 3 nitrogen and oxygen atoms in total. The van der Waals surface area contributed by atoms with E-state index >= 15 is 0 Å². The van der Waals surface area contributed by atoms with Crippen molar-refractivity contribution in [2.45, 2.75) is 26.3 Å². The van der Waals surface area contributed by atoms with Crippen molar-refractivity contribution >= 4 is 11.6 Å². The summed E-state index contributed by atoms with van der Waals surface area (Å²) in [5.74, 6) is -0.535. The van der Waals surface area contributed by atoms with Crippen molar-refractivity contribution in [2.75, 3.05) is 17.2 Å². The molecule has 0 bridgehead atoms. The van der Waals surface area contributed by atoms with Crippen LogP contribution in [0.15, 0.2) is 6.07 Å². The molecule has 0 aromatic carbocycles. The van der Waals surface area contributed by atoms with Crippen LogP contribution in [0.1, 0.15) is 20.3 Å². The average molecular weight is 227 g/mol. The minimum Gasteiger partial charge on any atom is -0.368 e. The van der Waals surface area contributed by atoms with Gasteiger partial charge in [-0.05, 0) is 19.3 Å². The van der Waals surface area contributed by atoms with E-state index in [4.69, 9.17) is 0 Å². The molecule has 0 radical (unpaired) electrons. The molecule has 0 saturated heterocycles. The van der Waals surface area contributed by atoms with E-state index < -0.39 is 11.6 Å². The van der Waals surface area contributed by atoms with Crippen molar-refractivity contribution < 1.29 is 8.78 Å². The van der Waals surface area contributed by atoms with Crippen molar-refractivity contribution in [1.82, 2.24) is 4.98 Å². The summed E-state index contributed by atoms with van der Waals surface area (Å²) in [4.78, 5) is 3.90. The molecule has 2 N–H and O–H groups in total. The van der Waals surface area contributed by atoms with Crippen LogP contribution in [0.2, 0.25) is 0 Å². The van der Waals surface area contributed by atoms with Gasteiger partial charge in [0.25, 0.3) is 0 Å². The van der Waals surface area contributed by atoms with Gasteiger partial charge in [-0.15, -0.1) is 0 Å². The normalized spacial score (nSPS) is 23.0. The third-order valence-corrected chi connectivity index (χ3v) is 2.71. The van der Waals surface area contributed by atoms with E-state index in [0.29, 0.717) is 12.5 Å². The van der Waals surface area contributed by atoms with Gasteiger partial charge in [0, 0.05) is 18.7 Å². The standard InChI is InChI=1S/C11H15F2N3/c1-3-14-10-7(12)5-8(13)11(16-10)15-9-4-6(9)2/h5-6,9H,3-4H2,1-2H3,(H2,14,15,16). The molecule has 1 heterocycles. The second-order valence-corrected chi connectivity index (χ2v) is 4.14. The Balaban J connectivity index is 2.19. The second-order valence-electron chi connectivity index (χ2n) is 4.14. The summed E-state index contributed by atoms with van der Waals surface area (Å²) in [6.45, 7) is 4.46. The molecule has 16 heavy (non-hydrogen) atoms. The second kappa shape index (κ2) is 4.23. The van der Waals surface area contributed by atoms with E-state index in [-0.39, 0.29) is 17.7 Å². The van der Waals surface area contributed by atoms with E-state index in [1.165, 1.54) is 0 Å². The third-order valence-electron chi connectivity index (χ3n) is 2.71. The van der Waals surface area contributed by atoms with Gasteiger partial charge in [0.15, 0.2) is 23.3 Å². The molecule has 1 saturated carbocycles. The highest BCUT2D eigenvalue weighted by atomic mass is 19.1. The summed E-state index contributed by atoms with van der Waals surface area (Å²) >= 11 is 0. The number of aromatic nitrogens is 1. The Hall–Kier alpha value is -1.39. The molecule has 0 aliphatic heterocycles. The van der Waals surface area contributed by atoms with E-state index in [1.54, 1.807) is 0 Å². The van der Waals surface area contributed by atoms with Crippen LogP contribution in [0.3, 0.4) is 0 Å². The Bertz CT molecular complexity index is 395. The van der Waals surface area contributed by atoms with E-state index in [9.17, 15) is 8.78 Å². The predicted octanol–water partition coefficient (Wildman–Crippen LogP) is 2.61. The first kappa shape index (κ1) is 11.1. The van der Waals surface area contributed by atoms with Gasteiger partial charge in [-0.3, -0.25) is 0 Å². The Kier molecular flexibility index (Phi) is 2.94. The molecule has 0 amide bonds. The summed E-state index contributed by atoms with van der Waals surface area (Å²) in [7, 11) is 0. The van der Waals surface area contributed by atoms with Crippen molar-refractivity contribution in [3.8, 4) is 0 Å².